The summed E-state index contributed by atoms with van der Waals surface area (Å²) in [6.07, 6.45) is 3.87. The van der Waals surface area contributed by atoms with Crippen molar-refractivity contribution in [1.29, 1.82) is 0 Å². The minimum atomic E-state index is -0.278. The number of anilines is 2. The van der Waals surface area contributed by atoms with Crippen LogP contribution in [0.3, 0.4) is 0 Å². The van der Waals surface area contributed by atoms with Crippen molar-refractivity contribution >= 4 is 17.5 Å². The fraction of sp³-hybridized carbons (Fsp3) is 0.429. The summed E-state index contributed by atoms with van der Waals surface area (Å²) in [5.74, 6) is 1.37. The number of morpholine rings is 1. The van der Waals surface area contributed by atoms with E-state index in [4.69, 9.17) is 4.74 Å². The molecule has 9 nitrogen and oxygen atoms in total. The first-order chi connectivity index (χ1) is 14.7. The lowest BCUT2D eigenvalue weighted by Gasteiger charge is -2.32. The number of ether oxygens (including phenoxy) is 1. The van der Waals surface area contributed by atoms with E-state index in [2.05, 4.69) is 30.7 Å². The molecule has 1 amide bonds. The lowest BCUT2D eigenvalue weighted by molar-refractivity contribution is -0.0248. The van der Waals surface area contributed by atoms with Crippen molar-refractivity contribution in [3.05, 3.63) is 52.6 Å². The van der Waals surface area contributed by atoms with Crippen LogP contribution < -0.4 is 5.32 Å². The van der Waals surface area contributed by atoms with Crippen LogP contribution in [0.25, 0.3) is 0 Å². The number of aromatic nitrogens is 5. The van der Waals surface area contributed by atoms with Gasteiger partial charge in [0.15, 0.2) is 11.5 Å². The second-order valence-corrected chi connectivity index (χ2v) is 7.86. The molecule has 4 heterocycles. The van der Waals surface area contributed by atoms with E-state index in [1.807, 2.05) is 36.1 Å². The molecule has 5 rings (SSSR count). The van der Waals surface area contributed by atoms with E-state index in [0.29, 0.717) is 37.0 Å². The molecule has 3 aromatic heterocycles. The molecule has 1 saturated heterocycles. The molecular formula is C21H25N7O2. The highest BCUT2D eigenvalue weighted by Gasteiger charge is 2.31. The Bertz CT molecular complexity index is 1060. The van der Waals surface area contributed by atoms with Gasteiger partial charge in [0.2, 0.25) is 0 Å². The summed E-state index contributed by atoms with van der Waals surface area (Å²) in [6.45, 7) is 3.43. The number of hydrogen-bond acceptors (Lipinski definition) is 6. The highest BCUT2D eigenvalue weighted by Crippen LogP contribution is 2.27. The van der Waals surface area contributed by atoms with Crippen molar-refractivity contribution in [2.45, 2.75) is 38.7 Å². The number of fused-ring (bicyclic) bond motifs is 1. The molecule has 0 saturated carbocycles. The van der Waals surface area contributed by atoms with Crippen LogP contribution in [0.5, 0.6) is 0 Å². The molecular weight excluding hydrogens is 382 g/mol. The number of nitrogens with one attached hydrogen (secondary N) is 3. The van der Waals surface area contributed by atoms with Gasteiger partial charge in [-0.2, -0.15) is 10.2 Å². The van der Waals surface area contributed by atoms with Gasteiger partial charge in [-0.25, -0.2) is 4.98 Å². The highest BCUT2D eigenvalue weighted by atomic mass is 16.5. The molecule has 9 heteroatoms. The van der Waals surface area contributed by atoms with Crippen LogP contribution in [0.4, 0.5) is 11.6 Å². The Morgan fingerprint density at radius 2 is 2.10 bits per heavy atom. The van der Waals surface area contributed by atoms with E-state index in [0.717, 1.165) is 48.3 Å². The maximum absolute atomic E-state index is 13.2. The van der Waals surface area contributed by atoms with Gasteiger partial charge in [0, 0.05) is 29.6 Å². The van der Waals surface area contributed by atoms with Gasteiger partial charge in [-0.15, -0.1) is 0 Å². The van der Waals surface area contributed by atoms with Crippen molar-refractivity contribution in [3.63, 3.8) is 0 Å². The topological polar surface area (TPSA) is 112 Å². The normalized spacial score (nSPS) is 18.8. The number of rotatable bonds is 4. The zero-order chi connectivity index (χ0) is 20.5. The summed E-state index contributed by atoms with van der Waals surface area (Å²) >= 11 is 0. The van der Waals surface area contributed by atoms with Crippen LogP contribution in [0.1, 0.15) is 52.1 Å². The Morgan fingerprint density at radius 1 is 1.20 bits per heavy atom. The number of aromatic amines is 2. The van der Waals surface area contributed by atoms with Crippen molar-refractivity contribution in [1.82, 2.24) is 30.3 Å². The lowest BCUT2D eigenvalue weighted by Crippen LogP contribution is -2.43. The van der Waals surface area contributed by atoms with Crippen LogP contribution >= 0.6 is 0 Å². The quantitative estimate of drug-likeness (QED) is 0.613. The molecule has 0 radical (unpaired) electrons. The standard InChI is InChI=1S/C21H25N7O2/c1-13-11-19(26-24-13)23-18-8-4-7-16(22-18)17-12-28(9-10-30-17)21(29)20-14-5-2-3-6-15(14)25-27-20/h4,7-8,11,17H,2-3,5-6,9-10,12H2,1H3,(H,25,27)(H2,22,23,24,26)/t17-/m1/s1. The molecule has 1 fully saturated rings. The maximum atomic E-state index is 13.2. The molecule has 0 spiro atoms. The monoisotopic (exact) mass is 407 g/mol. The minimum absolute atomic E-state index is 0.0241. The highest BCUT2D eigenvalue weighted by molar-refractivity contribution is 5.94. The summed E-state index contributed by atoms with van der Waals surface area (Å²) in [4.78, 5) is 19.7. The number of pyridine rings is 1. The van der Waals surface area contributed by atoms with Gasteiger partial charge in [0.1, 0.15) is 11.9 Å². The van der Waals surface area contributed by atoms with Crippen molar-refractivity contribution in [3.8, 4) is 0 Å². The molecule has 30 heavy (non-hydrogen) atoms. The smallest absolute Gasteiger partial charge is 0.274 e. The Kier molecular flexibility index (Phi) is 4.96. The molecule has 1 atom stereocenters. The fourth-order valence-corrected chi connectivity index (χ4v) is 4.13. The average molecular weight is 407 g/mol. The van der Waals surface area contributed by atoms with E-state index >= 15 is 0 Å². The number of carbonyl (C=O) groups is 1. The largest absolute Gasteiger partial charge is 0.368 e. The van der Waals surface area contributed by atoms with Gasteiger partial charge >= 0.3 is 0 Å². The van der Waals surface area contributed by atoms with Gasteiger partial charge < -0.3 is 15.0 Å². The lowest BCUT2D eigenvalue weighted by atomic mass is 9.95. The van der Waals surface area contributed by atoms with E-state index in [9.17, 15) is 4.79 Å². The van der Waals surface area contributed by atoms with Gasteiger partial charge in [-0.3, -0.25) is 15.0 Å². The first-order valence-electron chi connectivity index (χ1n) is 10.4. The first kappa shape index (κ1) is 18.8. The maximum Gasteiger partial charge on any atom is 0.274 e. The fourth-order valence-electron chi connectivity index (χ4n) is 4.13. The number of amides is 1. The molecule has 1 aliphatic heterocycles. The number of H-pyrrole nitrogens is 2. The molecule has 3 aromatic rings. The number of aryl methyl sites for hydroxylation is 2. The number of hydrogen-bond donors (Lipinski definition) is 3. The van der Waals surface area contributed by atoms with E-state index < -0.39 is 0 Å². The summed E-state index contributed by atoms with van der Waals surface area (Å²) in [6, 6.07) is 7.65. The number of nitrogens with zero attached hydrogens (tertiary/aromatic N) is 4. The molecule has 2 aliphatic rings. The molecule has 0 bridgehead atoms. The summed E-state index contributed by atoms with van der Waals surface area (Å²) < 4.78 is 5.95. The van der Waals surface area contributed by atoms with Crippen LogP contribution in [-0.2, 0) is 17.6 Å². The third-order valence-corrected chi connectivity index (χ3v) is 5.68. The van der Waals surface area contributed by atoms with E-state index in [-0.39, 0.29) is 12.0 Å². The van der Waals surface area contributed by atoms with Crippen molar-refractivity contribution in [2.75, 3.05) is 25.0 Å². The molecule has 3 N–H and O–H groups in total. The molecule has 0 unspecified atom stereocenters. The van der Waals surface area contributed by atoms with Crippen LogP contribution in [0.2, 0.25) is 0 Å². The van der Waals surface area contributed by atoms with Crippen LogP contribution in [0.15, 0.2) is 24.3 Å². The average Bonchev–Trinajstić information content (AvgIpc) is 3.39. The predicted molar refractivity (Wildman–Crippen MR) is 111 cm³/mol. The van der Waals surface area contributed by atoms with E-state index in [1.54, 1.807) is 0 Å². The Labute approximate surface area is 174 Å². The Hall–Kier alpha value is -3.20. The van der Waals surface area contributed by atoms with Gasteiger partial charge in [0.05, 0.1) is 18.8 Å². The minimum Gasteiger partial charge on any atom is -0.368 e. The Balaban J connectivity index is 1.31. The Morgan fingerprint density at radius 3 is 2.97 bits per heavy atom. The molecule has 156 valence electrons. The van der Waals surface area contributed by atoms with Crippen LogP contribution in [-0.4, -0.2) is 55.9 Å². The van der Waals surface area contributed by atoms with Crippen molar-refractivity contribution in [2.24, 2.45) is 0 Å². The summed E-state index contributed by atoms with van der Waals surface area (Å²) in [5.41, 5.74) is 4.53. The predicted octanol–water partition coefficient (Wildman–Crippen LogP) is 2.67. The number of carbonyl (C=O) groups excluding carboxylic acids is 1. The van der Waals surface area contributed by atoms with E-state index in [1.165, 1.54) is 0 Å². The van der Waals surface area contributed by atoms with Crippen LogP contribution in [0, 0.1) is 6.92 Å². The van der Waals surface area contributed by atoms with Gasteiger partial charge in [-0.05, 0) is 44.7 Å². The van der Waals surface area contributed by atoms with Gasteiger partial charge in [0.25, 0.3) is 5.91 Å². The first-order valence-corrected chi connectivity index (χ1v) is 10.4. The second-order valence-electron chi connectivity index (χ2n) is 7.86. The van der Waals surface area contributed by atoms with Gasteiger partial charge in [-0.1, -0.05) is 6.07 Å². The zero-order valence-electron chi connectivity index (χ0n) is 16.9. The zero-order valence-corrected chi connectivity index (χ0v) is 16.9. The van der Waals surface area contributed by atoms with Crippen molar-refractivity contribution < 1.29 is 9.53 Å². The molecule has 1 aliphatic carbocycles. The second kappa shape index (κ2) is 7.91. The summed E-state index contributed by atoms with van der Waals surface area (Å²) in [5, 5.41) is 17.7. The third-order valence-electron chi connectivity index (χ3n) is 5.68. The molecule has 0 aromatic carbocycles. The summed E-state index contributed by atoms with van der Waals surface area (Å²) in [7, 11) is 0. The SMILES string of the molecule is Cc1cc(Nc2cccc([C@H]3CN(C(=O)c4n[nH]c5c4CCCC5)CCO3)n2)n[nH]1. The third kappa shape index (κ3) is 3.68.